The molecule has 2 unspecified atom stereocenters. The minimum absolute atomic E-state index is 0.0475. The van der Waals surface area contributed by atoms with Crippen LogP contribution in [0.3, 0.4) is 0 Å². The number of aliphatic hydroxyl groups excluding tert-OH is 1. The van der Waals surface area contributed by atoms with Crippen molar-refractivity contribution in [3.05, 3.63) is 35.4 Å². The second-order valence-electron chi connectivity index (χ2n) is 5.37. The molecule has 0 amide bonds. The van der Waals surface area contributed by atoms with Crippen molar-refractivity contribution in [3.8, 4) is 11.5 Å². The highest BCUT2D eigenvalue weighted by Gasteiger charge is 2.21. The minimum atomic E-state index is -0.723. The molecule has 0 fully saturated rings. The predicted octanol–water partition coefficient (Wildman–Crippen LogP) is 1.47. The van der Waals surface area contributed by atoms with Gasteiger partial charge in [-0.05, 0) is 31.1 Å². The molecule has 2 atom stereocenters. The number of hydrogen-bond acceptors (Lipinski definition) is 6. The molecule has 6 heteroatoms. The number of phenolic OH excluding ortho intramolecular Hbond substituents is 2. The van der Waals surface area contributed by atoms with Gasteiger partial charge in [0.1, 0.15) is 17.6 Å². The fraction of sp³-hybridized carbons (Fsp3) is 0.375. The van der Waals surface area contributed by atoms with E-state index >= 15 is 0 Å². The predicted molar refractivity (Wildman–Crippen MR) is 77.7 cm³/mol. The zero-order valence-electron chi connectivity index (χ0n) is 12.2. The Morgan fingerprint density at radius 3 is 2.68 bits per heavy atom. The van der Waals surface area contributed by atoms with Crippen LogP contribution in [0.4, 0.5) is 0 Å². The number of allylic oxidation sites excluding steroid dienone is 1. The Morgan fingerprint density at radius 2 is 1.95 bits per heavy atom. The number of ether oxygens (including phenoxy) is 1. The maximum atomic E-state index is 12.2. The smallest absolute Gasteiger partial charge is 0.310 e. The van der Waals surface area contributed by atoms with Gasteiger partial charge in [0.05, 0.1) is 18.1 Å². The molecule has 0 aromatic heterocycles. The van der Waals surface area contributed by atoms with Crippen molar-refractivity contribution in [3.63, 3.8) is 0 Å². The number of aromatic hydroxyl groups is 2. The summed E-state index contributed by atoms with van der Waals surface area (Å²) >= 11 is 0. The zero-order chi connectivity index (χ0) is 16.3. The first-order valence-electron chi connectivity index (χ1n) is 7.00. The Bertz CT molecular complexity index is 619. The van der Waals surface area contributed by atoms with E-state index in [1.165, 1.54) is 18.2 Å². The lowest BCUT2D eigenvalue weighted by atomic mass is 9.98. The van der Waals surface area contributed by atoms with Gasteiger partial charge in [-0.1, -0.05) is 6.08 Å². The number of aliphatic hydroxyl groups is 1. The third kappa shape index (κ3) is 3.85. The summed E-state index contributed by atoms with van der Waals surface area (Å²) in [5.74, 6) is -1.73. The number of benzene rings is 1. The van der Waals surface area contributed by atoms with Crippen LogP contribution in [0.15, 0.2) is 24.3 Å². The summed E-state index contributed by atoms with van der Waals surface area (Å²) in [5, 5.41) is 29.2. The fourth-order valence-electron chi connectivity index (χ4n) is 2.46. The summed E-state index contributed by atoms with van der Waals surface area (Å²) in [6, 6.07) is 2.30. The van der Waals surface area contributed by atoms with E-state index in [0.29, 0.717) is 0 Å². The molecule has 22 heavy (non-hydrogen) atoms. The Hall–Kier alpha value is -2.34. The number of cyclic esters (lactones) is 1. The van der Waals surface area contributed by atoms with Crippen LogP contribution in [0.1, 0.15) is 35.7 Å². The summed E-state index contributed by atoms with van der Waals surface area (Å²) in [7, 11) is 0. The molecular formula is C16H18O6. The van der Waals surface area contributed by atoms with Crippen LogP contribution in [0.2, 0.25) is 0 Å². The lowest BCUT2D eigenvalue weighted by Crippen LogP contribution is -2.23. The van der Waals surface area contributed by atoms with Crippen molar-refractivity contribution in [2.24, 2.45) is 0 Å². The molecule has 0 bridgehead atoms. The Kier molecular flexibility index (Phi) is 4.82. The molecule has 118 valence electrons. The van der Waals surface area contributed by atoms with E-state index in [-0.39, 0.29) is 36.1 Å². The molecule has 1 aromatic carbocycles. The van der Waals surface area contributed by atoms with Gasteiger partial charge in [0, 0.05) is 12.5 Å². The van der Waals surface area contributed by atoms with Crippen LogP contribution >= 0.6 is 0 Å². The van der Waals surface area contributed by atoms with Gasteiger partial charge >= 0.3 is 5.97 Å². The molecule has 6 nitrogen and oxygen atoms in total. The standard InChI is InChI=1S/C16H18O6/c1-9-5-11(17)3-2-4-13(19)16-10(7-15(21)22-9)6-12(18)8-14(16)20/h2,4,6,8-9,11,17-18,20H,3,5,7H2,1H3. The van der Waals surface area contributed by atoms with E-state index in [0.717, 1.165) is 6.07 Å². The highest BCUT2D eigenvalue weighted by Crippen LogP contribution is 2.29. The van der Waals surface area contributed by atoms with Crippen LogP contribution in [0.5, 0.6) is 11.5 Å². The van der Waals surface area contributed by atoms with Crippen molar-refractivity contribution >= 4 is 11.8 Å². The molecule has 3 N–H and O–H groups in total. The number of ketones is 1. The zero-order valence-corrected chi connectivity index (χ0v) is 12.2. The second kappa shape index (κ2) is 6.62. The van der Waals surface area contributed by atoms with Crippen LogP contribution in [0, 0.1) is 0 Å². The van der Waals surface area contributed by atoms with Crippen LogP contribution in [-0.4, -0.2) is 39.3 Å². The summed E-state index contributed by atoms with van der Waals surface area (Å²) in [4.78, 5) is 24.1. The Labute approximate surface area is 127 Å². The minimum Gasteiger partial charge on any atom is -0.508 e. The van der Waals surface area contributed by atoms with Crippen molar-refractivity contribution in [1.82, 2.24) is 0 Å². The maximum Gasteiger partial charge on any atom is 0.310 e. The first-order valence-corrected chi connectivity index (χ1v) is 7.00. The number of carbonyl (C=O) groups excluding carboxylic acids is 2. The average molecular weight is 306 g/mol. The molecule has 0 saturated carbocycles. The second-order valence-corrected chi connectivity index (χ2v) is 5.37. The van der Waals surface area contributed by atoms with Crippen LogP contribution in [-0.2, 0) is 16.0 Å². The summed E-state index contributed by atoms with van der Waals surface area (Å²) in [6.45, 7) is 1.67. The molecular weight excluding hydrogens is 288 g/mol. The number of hydrogen-bond donors (Lipinski definition) is 3. The number of esters is 1. The normalized spacial score (nSPS) is 23.2. The molecule has 1 aliphatic rings. The molecule has 0 saturated heterocycles. The van der Waals surface area contributed by atoms with Gasteiger partial charge in [0.25, 0.3) is 0 Å². The van der Waals surface area contributed by atoms with E-state index in [1.54, 1.807) is 6.92 Å². The quantitative estimate of drug-likeness (QED) is 0.627. The van der Waals surface area contributed by atoms with Crippen molar-refractivity contribution in [1.29, 1.82) is 0 Å². The molecule has 1 heterocycles. The van der Waals surface area contributed by atoms with Crippen LogP contribution < -0.4 is 0 Å². The third-order valence-corrected chi connectivity index (χ3v) is 3.38. The van der Waals surface area contributed by atoms with E-state index in [9.17, 15) is 24.9 Å². The molecule has 0 radical (unpaired) electrons. The highest BCUT2D eigenvalue weighted by atomic mass is 16.5. The Morgan fingerprint density at radius 1 is 1.23 bits per heavy atom. The van der Waals surface area contributed by atoms with Gasteiger partial charge in [-0.25, -0.2) is 0 Å². The molecule has 0 spiro atoms. The fourth-order valence-corrected chi connectivity index (χ4v) is 2.46. The monoisotopic (exact) mass is 306 g/mol. The van der Waals surface area contributed by atoms with Crippen molar-refractivity contribution in [2.45, 2.75) is 38.4 Å². The van der Waals surface area contributed by atoms with Crippen molar-refractivity contribution < 1.29 is 29.6 Å². The Balaban J connectivity index is 2.44. The third-order valence-electron chi connectivity index (χ3n) is 3.38. The van der Waals surface area contributed by atoms with Crippen LogP contribution in [0.25, 0.3) is 0 Å². The topological polar surface area (TPSA) is 104 Å². The average Bonchev–Trinajstić information content (AvgIpc) is 2.35. The van der Waals surface area contributed by atoms with Gasteiger partial charge in [0.15, 0.2) is 5.78 Å². The SMILES string of the molecule is CC1CC(O)CC=CC(=O)c2c(O)cc(O)cc2CC(=O)O1. The van der Waals surface area contributed by atoms with E-state index in [2.05, 4.69) is 0 Å². The summed E-state index contributed by atoms with van der Waals surface area (Å²) < 4.78 is 5.17. The van der Waals surface area contributed by atoms with Gasteiger partial charge in [-0.15, -0.1) is 0 Å². The number of carbonyl (C=O) groups is 2. The van der Waals surface area contributed by atoms with Gasteiger partial charge in [-0.3, -0.25) is 9.59 Å². The first-order chi connectivity index (χ1) is 10.4. The first kappa shape index (κ1) is 16.0. The molecule has 1 aliphatic heterocycles. The number of fused-ring (bicyclic) bond motifs is 1. The van der Waals surface area contributed by atoms with Gasteiger partial charge in [-0.2, -0.15) is 0 Å². The largest absolute Gasteiger partial charge is 0.508 e. The van der Waals surface area contributed by atoms with E-state index in [1.807, 2.05) is 0 Å². The molecule has 2 rings (SSSR count). The maximum absolute atomic E-state index is 12.2. The molecule has 0 aliphatic carbocycles. The number of phenols is 2. The van der Waals surface area contributed by atoms with E-state index < -0.39 is 29.7 Å². The van der Waals surface area contributed by atoms with Gasteiger partial charge in [0.2, 0.25) is 0 Å². The summed E-state index contributed by atoms with van der Waals surface area (Å²) in [5.41, 5.74) is 0.152. The molecule has 1 aromatic rings. The van der Waals surface area contributed by atoms with Crippen molar-refractivity contribution in [2.75, 3.05) is 0 Å². The van der Waals surface area contributed by atoms with Gasteiger partial charge < -0.3 is 20.1 Å². The highest BCUT2D eigenvalue weighted by molar-refractivity contribution is 6.08. The van der Waals surface area contributed by atoms with E-state index in [4.69, 9.17) is 4.74 Å². The lowest BCUT2D eigenvalue weighted by molar-refractivity contribution is -0.148. The number of rotatable bonds is 0. The lowest BCUT2D eigenvalue weighted by Gasteiger charge is -2.18. The summed E-state index contributed by atoms with van der Waals surface area (Å²) in [6.07, 6.45) is 1.82.